The Labute approximate surface area is 141 Å². The molecule has 0 aliphatic carbocycles. The molecule has 0 bridgehead atoms. The van der Waals surface area contributed by atoms with Gasteiger partial charge in [0.2, 0.25) is 0 Å². The second-order valence-electron chi connectivity index (χ2n) is 7.16. The molecule has 0 unspecified atom stereocenters. The number of aliphatic hydroxyl groups is 1. The number of carbonyl (C=O) groups is 1. The number of nitrogens with zero attached hydrogens (tertiary/aromatic N) is 3. The lowest BCUT2D eigenvalue weighted by atomic mass is 9.79. The Kier molecular flexibility index (Phi) is 3.87. The predicted molar refractivity (Wildman–Crippen MR) is 90.4 cm³/mol. The van der Waals surface area contributed by atoms with E-state index in [1.807, 2.05) is 38.1 Å². The van der Waals surface area contributed by atoms with Crippen LogP contribution in [-0.4, -0.2) is 51.5 Å². The molecule has 6 nitrogen and oxygen atoms in total. The molecule has 1 aliphatic heterocycles. The average molecular weight is 329 g/mol. The molecule has 128 valence electrons. The number of methoxy groups -OCH3 is 1. The molecule has 24 heavy (non-hydrogen) atoms. The van der Waals surface area contributed by atoms with Gasteiger partial charge in [-0.15, -0.1) is 0 Å². The van der Waals surface area contributed by atoms with Crippen LogP contribution >= 0.6 is 0 Å². The van der Waals surface area contributed by atoms with Gasteiger partial charge in [0.15, 0.2) is 0 Å². The number of rotatable bonds is 3. The van der Waals surface area contributed by atoms with Gasteiger partial charge in [0.1, 0.15) is 11.4 Å². The van der Waals surface area contributed by atoms with Crippen LogP contribution in [0.5, 0.6) is 5.75 Å². The van der Waals surface area contributed by atoms with Crippen LogP contribution in [0.3, 0.4) is 0 Å². The molecule has 1 fully saturated rings. The molecule has 1 amide bonds. The molecule has 3 rings (SSSR count). The van der Waals surface area contributed by atoms with Crippen molar-refractivity contribution in [3.05, 3.63) is 42.2 Å². The van der Waals surface area contributed by atoms with Gasteiger partial charge in [0, 0.05) is 18.2 Å². The summed E-state index contributed by atoms with van der Waals surface area (Å²) in [5.74, 6) is 0.562. The average Bonchev–Trinajstić information content (AvgIpc) is 3.09. The molecule has 0 radical (unpaired) electrons. The minimum absolute atomic E-state index is 0.123. The molecule has 1 aliphatic rings. The van der Waals surface area contributed by atoms with E-state index in [1.54, 1.807) is 36.0 Å². The molecular formula is C18H23N3O3. The molecule has 2 aromatic rings. The van der Waals surface area contributed by atoms with Crippen molar-refractivity contribution in [2.75, 3.05) is 20.2 Å². The Morgan fingerprint density at radius 3 is 2.58 bits per heavy atom. The van der Waals surface area contributed by atoms with E-state index < -0.39 is 5.60 Å². The van der Waals surface area contributed by atoms with Gasteiger partial charge in [0.05, 0.1) is 31.0 Å². The Balaban J connectivity index is 1.85. The molecule has 1 aromatic carbocycles. The number of hydrogen-bond donors (Lipinski definition) is 1. The van der Waals surface area contributed by atoms with Crippen LogP contribution in [0.1, 0.15) is 31.1 Å². The predicted octanol–water partition coefficient (Wildman–Crippen LogP) is 2.11. The highest BCUT2D eigenvalue weighted by atomic mass is 16.5. The van der Waals surface area contributed by atoms with E-state index in [4.69, 9.17) is 4.74 Å². The van der Waals surface area contributed by atoms with Crippen LogP contribution in [0.25, 0.3) is 5.69 Å². The summed E-state index contributed by atoms with van der Waals surface area (Å²) in [6.07, 6.45) is 3.25. The zero-order chi connectivity index (χ0) is 17.5. The molecule has 1 N–H and O–H groups in total. The summed E-state index contributed by atoms with van der Waals surface area (Å²) in [6, 6.07) is 7.50. The molecule has 1 aromatic heterocycles. The molecule has 1 atom stereocenters. The maximum atomic E-state index is 12.8. The monoisotopic (exact) mass is 329 g/mol. The van der Waals surface area contributed by atoms with E-state index in [0.29, 0.717) is 24.4 Å². The van der Waals surface area contributed by atoms with E-state index in [0.717, 1.165) is 5.69 Å². The van der Waals surface area contributed by atoms with Gasteiger partial charge in [-0.3, -0.25) is 4.79 Å². The van der Waals surface area contributed by atoms with Crippen molar-refractivity contribution in [3.8, 4) is 11.4 Å². The van der Waals surface area contributed by atoms with E-state index in [2.05, 4.69) is 5.10 Å². The highest BCUT2D eigenvalue weighted by Gasteiger charge is 2.49. The number of hydrogen-bond acceptors (Lipinski definition) is 4. The molecule has 6 heteroatoms. The first-order valence-corrected chi connectivity index (χ1v) is 7.95. The number of amides is 1. The van der Waals surface area contributed by atoms with E-state index >= 15 is 0 Å². The number of aromatic nitrogens is 2. The quantitative estimate of drug-likeness (QED) is 0.936. The zero-order valence-electron chi connectivity index (χ0n) is 14.5. The van der Waals surface area contributed by atoms with Crippen molar-refractivity contribution in [2.45, 2.75) is 26.4 Å². The maximum absolute atomic E-state index is 12.8. The summed E-state index contributed by atoms with van der Waals surface area (Å²) < 4.78 is 6.97. The molecule has 0 saturated carbocycles. The number of carbonyl (C=O) groups excluding carboxylic acids is 1. The minimum Gasteiger partial charge on any atom is -0.494 e. The van der Waals surface area contributed by atoms with Gasteiger partial charge in [-0.25, -0.2) is 4.68 Å². The maximum Gasteiger partial charge on any atom is 0.257 e. The van der Waals surface area contributed by atoms with E-state index in [-0.39, 0.29) is 11.3 Å². The second kappa shape index (κ2) is 5.63. The van der Waals surface area contributed by atoms with E-state index in [9.17, 15) is 9.90 Å². The first-order chi connectivity index (χ1) is 11.2. The Morgan fingerprint density at radius 1 is 1.25 bits per heavy atom. The number of likely N-dealkylation sites (tertiary alicyclic amines) is 1. The zero-order valence-corrected chi connectivity index (χ0v) is 14.5. The standard InChI is InChI=1S/C18H23N3O3/c1-17(2)11-20(12-18(17,3)23)16(22)13-9-19-21(10-13)14-7-5-6-8-15(14)24-4/h5-10,23H,11-12H2,1-4H3/t18-/m0/s1. The number of benzene rings is 1. The lowest BCUT2D eigenvalue weighted by molar-refractivity contribution is -0.0108. The fraction of sp³-hybridized carbons (Fsp3) is 0.444. The van der Waals surface area contributed by atoms with Crippen molar-refractivity contribution in [3.63, 3.8) is 0 Å². The highest BCUT2D eigenvalue weighted by molar-refractivity contribution is 5.94. The summed E-state index contributed by atoms with van der Waals surface area (Å²) in [7, 11) is 1.60. The summed E-state index contributed by atoms with van der Waals surface area (Å²) in [5.41, 5.74) is 0.0185. The van der Waals surface area contributed by atoms with Gasteiger partial charge in [-0.05, 0) is 19.1 Å². The SMILES string of the molecule is COc1ccccc1-n1cc(C(=O)N2CC(C)(C)[C@@](C)(O)C2)cn1. The second-order valence-corrected chi connectivity index (χ2v) is 7.16. The largest absolute Gasteiger partial charge is 0.494 e. The van der Waals surface area contributed by atoms with Crippen molar-refractivity contribution in [2.24, 2.45) is 5.41 Å². The third kappa shape index (κ3) is 2.67. The first-order valence-electron chi connectivity index (χ1n) is 7.95. The third-order valence-electron chi connectivity index (χ3n) is 4.99. The number of ether oxygens (including phenoxy) is 1. The lowest BCUT2D eigenvalue weighted by Crippen LogP contribution is -2.40. The number of para-hydroxylation sites is 2. The fourth-order valence-electron chi connectivity index (χ4n) is 3.00. The van der Waals surface area contributed by atoms with Crippen LogP contribution in [0.2, 0.25) is 0 Å². The van der Waals surface area contributed by atoms with Gasteiger partial charge < -0.3 is 14.7 Å². The van der Waals surface area contributed by atoms with Crippen molar-refractivity contribution >= 4 is 5.91 Å². The summed E-state index contributed by atoms with van der Waals surface area (Å²) in [5, 5.41) is 14.8. The molecule has 0 spiro atoms. The third-order valence-corrected chi connectivity index (χ3v) is 4.99. The van der Waals surface area contributed by atoms with E-state index in [1.165, 1.54) is 0 Å². The van der Waals surface area contributed by atoms with Crippen LogP contribution in [0.15, 0.2) is 36.7 Å². The smallest absolute Gasteiger partial charge is 0.257 e. The topological polar surface area (TPSA) is 67.6 Å². The molecular weight excluding hydrogens is 306 g/mol. The minimum atomic E-state index is -0.901. The van der Waals surface area contributed by atoms with Gasteiger partial charge >= 0.3 is 0 Å². The highest BCUT2D eigenvalue weighted by Crippen LogP contribution is 2.38. The van der Waals surface area contributed by atoms with Gasteiger partial charge in [0.25, 0.3) is 5.91 Å². The van der Waals surface area contributed by atoms with Crippen LogP contribution in [-0.2, 0) is 0 Å². The Morgan fingerprint density at radius 2 is 1.96 bits per heavy atom. The summed E-state index contributed by atoms with van der Waals surface area (Å²) in [4.78, 5) is 14.4. The fourth-order valence-corrected chi connectivity index (χ4v) is 3.00. The van der Waals surface area contributed by atoms with Crippen LogP contribution in [0, 0.1) is 5.41 Å². The summed E-state index contributed by atoms with van der Waals surface area (Å²) in [6.45, 7) is 6.55. The first kappa shape index (κ1) is 16.5. The van der Waals surface area contributed by atoms with Crippen molar-refractivity contribution < 1.29 is 14.6 Å². The Bertz CT molecular complexity index is 748. The molecule has 1 saturated heterocycles. The van der Waals surface area contributed by atoms with Crippen LogP contribution in [0.4, 0.5) is 0 Å². The van der Waals surface area contributed by atoms with Crippen molar-refractivity contribution in [1.82, 2.24) is 14.7 Å². The van der Waals surface area contributed by atoms with Gasteiger partial charge in [-0.1, -0.05) is 26.0 Å². The summed E-state index contributed by atoms with van der Waals surface area (Å²) >= 11 is 0. The van der Waals surface area contributed by atoms with Gasteiger partial charge in [-0.2, -0.15) is 5.10 Å². The molecule has 2 heterocycles. The van der Waals surface area contributed by atoms with Crippen LogP contribution < -0.4 is 4.74 Å². The van der Waals surface area contributed by atoms with Crippen molar-refractivity contribution in [1.29, 1.82) is 0 Å². The normalized spacial score (nSPS) is 22.6. The number of β-amino-alcohol motifs (C(OH)–C–C–N with tert-alkyl or cyclic N) is 1. The Hall–Kier alpha value is -2.34. The lowest BCUT2D eigenvalue weighted by Gasteiger charge is -2.30.